The third-order valence-electron chi connectivity index (χ3n) is 5.07. The van der Waals surface area contributed by atoms with Crippen LogP contribution in [0.4, 0.5) is 17.5 Å². The Labute approximate surface area is 185 Å². The molecule has 4 bridgehead atoms. The van der Waals surface area contributed by atoms with Gasteiger partial charge in [-0.05, 0) is 30.2 Å². The molecule has 0 amide bonds. The van der Waals surface area contributed by atoms with E-state index < -0.39 is 0 Å². The molecule has 5 heterocycles. The average Bonchev–Trinajstić information content (AvgIpc) is 2.83. The van der Waals surface area contributed by atoms with Gasteiger partial charge in [0.1, 0.15) is 28.9 Å². The van der Waals surface area contributed by atoms with E-state index in [1.165, 1.54) is 0 Å². The predicted molar refractivity (Wildman–Crippen MR) is 122 cm³/mol. The van der Waals surface area contributed by atoms with Gasteiger partial charge in [-0.25, -0.2) is 19.9 Å². The number of nitrogens with zero attached hydrogens (tertiary/aromatic N) is 4. The van der Waals surface area contributed by atoms with Crippen LogP contribution >= 0.6 is 0 Å². The highest BCUT2D eigenvalue weighted by atomic mass is 16.5. The average molecular weight is 424 g/mol. The zero-order valence-corrected chi connectivity index (χ0v) is 17.6. The quantitative estimate of drug-likeness (QED) is 0.471. The molecular weight excluding hydrogens is 404 g/mol. The van der Waals surface area contributed by atoms with E-state index in [1.807, 2.05) is 37.4 Å². The van der Waals surface area contributed by atoms with E-state index in [9.17, 15) is 0 Å². The Morgan fingerprint density at radius 1 is 1.00 bits per heavy atom. The van der Waals surface area contributed by atoms with Gasteiger partial charge < -0.3 is 20.1 Å². The molecule has 4 aromatic rings. The Morgan fingerprint density at radius 2 is 1.94 bits per heavy atom. The van der Waals surface area contributed by atoms with Crippen LogP contribution in [0, 0.1) is 11.8 Å². The Balaban J connectivity index is 1.71. The number of pyridine rings is 4. The molecule has 0 atom stereocenters. The van der Waals surface area contributed by atoms with Gasteiger partial charge in [0, 0.05) is 35.8 Å². The number of aromatic nitrogens is 4. The van der Waals surface area contributed by atoms with Crippen LogP contribution in [0.5, 0.6) is 5.75 Å². The fourth-order valence-electron chi connectivity index (χ4n) is 3.48. The van der Waals surface area contributed by atoms with Gasteiger partial charge in [0.2, 0.25) is 0 Å². The summed E-state index contributed by atoms with van der Waals surface area (Å²) < 4.78 is 11.3. The van der Waals surface area contributed by atoms with Crippen LogP contribution in [0.25, 0.3) is 10.8 Å². The molecule has 0 saturated heterocycles. The fraction of sp³-hybridized carbons (Fsp3) is 0.167. The number of hydrogen-bond donors (Lipinski definition) is 2. The predicted octanol–water partition coefficient (Wildman–Crippen LogP) is 3.64. The van der Waals surface area contributed by atoms with Gasteiger partial charge in [-0.3, -0.25) is 0 Å². The number of ether oxygens (including phenoxy) is 2. The van der Waals surface area contributed by atoms with Gasteiger partial charge in [0.15, 0.2) is 0 Å². The number of hydrogen-bond acceptors (Lipinski definition) is 8. The van der Waals surface area contributed by atoms with Gasteiger partial charge in [-0.1, -0.05) is 12.0 Å². The Hall–Kier alpha value is -4.22. The van der Waals surface area contributed by atoms with E-state index in [4.69, 9.17) is 9.47 Å². The lowest BCUT2D eigenvalue weighted by molar-refractivity contribution is 0.104. The Morgan fingerprint density at radius 3 is 2.81 bits per heavy atom. The summed E-state index contributed by atoms with van der Waals surface area (Å²) in [5, 5.41) is 8.18. The summed E-state index contributed by atoms with van der Waals surface area (Å²) in [6, 6.07) is 9.59. The zero-order valence-electron chi connectivity index (χ0n) is 17.6. The van der Waals surface area contributed by atoms with Crippen LogP contribution < -0.4 is 15.4 Å². The van der Waals surface area contributed by atoms with Crippen LogP contribution in [0.3, 0.4) is 0 Å². The summed E-state index contributed by atoms with van der Waals surface area (Å²) in [5.74, 6) is 9.15. The van der Waals surface area contributed by atoms with Crippen molar-refractivity contribution in [1.29, 1.82) is 0 Å². The smallest absolute Gasteiger partial charge is 0.137 e. The lowest BCUT2D eigenvalue weighted by Gasteiger charge is -2.10. The van der Waals surface area contributed by atoms with Gasteiger partial charge >= 0.3 is 0 Å². The highest BCUT2D eigenvalue weighted by Gasteiger charge is 2.11. The summed E-state index contributed by atoms with van der Waals surface area (Å²) >= 11 is 0. The first kappa shape index (κ1) is 19.7. The first-order chi connectivity index (χ1) is 15.7. The molecule has 0 radical (unpaired) electrons. The van der Waals surface area contributed by atoms with Crippen LogP contribution in [-0.2, 0) is 18.0 Å². The largest absolute Gasteiger partial charge is 0.495 e. The van der Waals surface area contributed by atoms with Crippen molar-refractivity contribution < 1.29 is 9.47 Å². The summed E-state index contributed by atoms with van der Waals surface area (Å²) in [4.78, 5) is 18.1. The maximum absolute atomic E-state index is 5.92. The first-order valence-electron chi connectivity index (χ1n) is 10.1. The van der Waals surface area contributed by atoms with Crippen molar-refractivity contribution in [2.75, 3.05) is 24.8 Å². The van der Waals surface area contributed by atoms with Crippen molar-refractivity contribution in [2.45, 2.75) is 13.2 Å². The van der Waals surface area contributed by atoms with Gasteiger partial charge in [0.05, 0.1) is 37.8 Å². The summed E-state index contributed by atoms with van der Waals surface area (Å²) in [6.45, 7) is 0.678. The first-order valence-corrected chi connectivity index (χ1v) is 10.1. The molecule has 0 unspecified atom stereocenters. The second-order valence-electron chi connectivity index (χ2n) is 7.15. The molecule has 4 aromatic heterocycles. The van der Waals surface area contributed by atoms with Gasteiger partial charge in [-0.2, -0.15) is 0 Å². The maximum Gasteiger partial charge on any atom is 0.137 e. The molecule has 0 saturated carbocycles. The minimum absolute atomic E-state index is 0.329. The number of fused-ring (bicyclic) bond motifs is 4. The molecule has 1 aliphatic rings. The second-order valence-corrected chi connectivity index (χ2v) is 7.15. The minimum Gasteiger partial charge on any atom is -0.495 e. The van der Waals surface area contributed by atoms with E-state index >= 15 is 0 Å². The Bertz CT molecular complexity index is 1380. The van der Waals surface area contributed by atoms with Crippen LogP contribution in [0.1, 0.15) is 22.5 Å². The lowest BCUT2D eigenvalue weighted by Crippen LogP contribution is -2.02. The minimum atomic E-state index is 0.329. The molecule has 158 valence electrons. The van der Waals surface area contributed by atoms with Crippen molar-refractivity contribution in [3.63, 3.8) is 0 Å². The number of anilines is 3. The lowest BCUT2D eigenvalue weighted by atomic mass is 10.1. The highest BCUT2D eigenvalue weighted by Crippen LogP contribution is 2.27. The molecule has 5 rings (SSSR count). The molecule has 32 heavy (non-hydrogen) atoms. The van der Waals surface area contributed by atoms with E-state index in [0.29, 0.717) is 36.3 Å². The zero-order chi connectivity index (χ0) is 21.9. The van der Waals surface area contributed by atoms with Crippen LogP contribution in [-0.4, -0.2) is 34.1 Å². The third kappa shape index (κ3) is 3.89. The monoisotopic (exact) mass is 424 g/mol. The molecule has 2 N–H and O–H groups in total. The Kier molecular flexibility index (Phi) is 5.24. The van der Waals surface area contributed by atoms with Gasteiger partial charge in [0.25, 0.3) is 0 Å². The normalized spacial score (nSPS) is 12.6. The second kappa shape index (κ2) is 8.49. The molecular formula is C24H20N6O2. The van der Waals surface area contributed by atoms with E-state index in [0.717, 1.165) is 33.4 Å². The molecule has 1 aliphatic heterocycles. The number of methoxy groups -OCH3 is 1. The van der Waals surface area contributed by atoms with Crippen molar-refractivity contribution in [3.05, 3.63) is 71.4 Å². The van der Waals surface area contributed by atoms with E-state index in [2.05, 4.69) is 42.4 Å². The number of rotatable bonds is 2. The molecule has 0 fully saturated rings. The van der Waals surface area contributed by atoms with Crippen LogP contribution in [0.15, 0.2) is 48.9 Å². The molecule has 8 heteroatoms. The number of nitrogens with one attached hydrogen (secondary N) is 2. The molecule has 0 aliphatic carbocycles. The van der Waals surface area contributed by atoms with E-state index in [-0.39, 0.29) is 0 Å². The highest BCUT2D eigenvalue weighted by molar-refractivity contribution is 5.96. The van der Waals surface area contributed by atoms with Crippen molar-refractivity contribution >= 4 is 28.2 Å². The molecule has 8 nitrogen and oxygen atoms in total. The topological polar surface area (TPSA) is 94.1 Å². The SMILES string of the molecule is CNc1ncc2c3cc(ncc13)Nc1cccc(n1)COCc1cc(OC)cnc1C#C2. The standard InChI is InChI=1S/C24H20N6O2/c1-25-24-20-12-27-23-9-19(20)15(10-28-24)6-7-21-16(8-18(31-2)11-26-21)13-32-14-17-4-3-5-22(29-17)30-23/h3-5,8-12H,13-14H2,1-2H3,(H,25,28)(H,27,29,30). The molecule has 0 spiro atoms. The van der Waals surface area contributed by atoms with E-state index in [1.54, 1.807) is 25.7 Å². The summed E-state index contributed by atoms with van der Waals surface area (Å²) in [6.07, 6.45) is 5.19. The summed E-state index contributed by atoms with van der Waals surface area (Å²) in [7, 11) is 3.44. The van der Waals surface area contributed by atoms with Crippen molar-refractivity contribution in [1.82, 2.24) is 19.9 Å². The van der Waals surface area contributed by atoms with Crippen molar-refractivity contribution in [2.24, 2.45) is 0 Å². The van der Waals surface area contributed by atoms with Gasteiger partial charge in [-0.15, -0.1) is 0 Å². The third-order valence-corrected chi connectivity index (χ3v) is 5.07. The molecule has 0 aromatic carbocycles. The summed E-state index contributed by atoms with van der Waals surface area (Å²) in [5.41, 5.74) is 3.04. The maximum atomic E-state index is 5.92. The fourth-order valence-corrected chi connectivity index (χ4v) is 3.48. The van der Waals surface area contributed by atoms with Crippen LogP contribution in [0.2, 0.25) is 0 Å². The van der Waals surface area contributed by atoms with Crippen molar-refractivity contribution in [3.8, 4) is 17.6 Å².